The van der Waals surface area contributed by atoms with Gasteiger partial charge in [0.2, 0.25) is 11.8 Å². The molecule has 0 aliphatic rings. The van der Waals surface area contributed by atoms with Gasteiger partial charge in [0.15, 0.2) is 0 Å². The van der Waals surface area contributed by atoms with Crippen molar-refractivity contribution in [1.29, 1.82) is 0 Å². The van der Waals surface area contributed by atoms with Crippen LogP contribution < -0.4 is 11.1 Å². The molecule has 0 saturated heterocycles. The number of hydrogen-bond donors (Lipinski definition) is 2. The molecular formula is C8H13N3O2. The molecule has 5 nitrogen and oxygen atoms in total. The first-order valence-corrected chi connectivity index (χ1v) is 4.15. The summed E-state index contributed by atoms with van der Waals surface area (Å²) in [7, 11) is 0. The van der Waals surface area contributed by atoms with Gasteiger partial charge in [-0.25, -0.2) is 0 Å². The molecule has 0 atom stereocenters. The van der Waals surface area contributed by atoms with Gasteiger partial charge in [-0.1, -0.05) is 5.16 Å². The van der Waals surface area contributed by atoms with Crippen LogP contribution in [0.4, 0.5) is 5.88 Å². The highest BCUT2D eigenvalue weighted by Crippen LogP contribution is 2.08. The number of carbonyl (C=O) groups is 1. The maximum absolute atomic E-state index is 11.1. The van der Waals surface area contributed by atoms with E-state index in [1.54, 1.807) is 13.0 Å². The van der Waals surface area contributed by atoms with Gasteiger partial charge in [-0.2, -0.15) is 0 Å². The van der Waals surface area contributed by atoms with Crippen molar-refractivity contribution < 1.29 is 9.32 Å². The number of anilines is 1. The van der Waals surface area contributed by atoms with Gasteiger partial charge in [-0.3, -0.25) is 10.1 Å². The van der Waals surface area contributed by atoms with Gasteiger partial charge in [0, 0.05) is 12.5 Å². The van der Waals surface area contributed by atoms with Crippen molar-refractivity contribution in [2.24, 2.45) is 5.73 Å². The minimum Gasteiger partial charge on any atom is -0.338 e. The molecule has 5 heteroatoms. The summed E-state index contributed by atoms with van der Waals surface area (Å²) in [6.07, 6.45) is 1.09. The average molecular weight is 183 g/mol. The van der Waals surface area contributed by atoms with Gasteiger partial charge in [-0.15, -0.1) is 0 Å². The van der Waals surface area contributed by atoms with E-state index < -0.39 is 0 Å². The molecule has 1 rings (SSSR count). The predicted molar refractivity (Wildman–Crippen MR) is 48.2 cm³/mol. The number of nitrogens with two attached hydrogens (primary N) is 1. The first kappa shape index (κ1) is 9.73. The van der Waals surface area contributed by atoms with E-state index in [9.17, 15) is 4.79 Å². The smallest absolute Gasteiger partial charge is 0.231 e. The molecule has 0 aromatic carbocycles. The highest BCUT2D eigenvalue weighted by atomic mass is 16.5. The second-order valence-electron chi connectivity index (χ2n) is 2.77. The molecule has 0 spiro atoms. The average Bonchev–Trinajstić information content (AvgIpc) is 2.48. The zero-order chi connectivity index (χ0) is 9.68. The Bertz CT molecular complexity index is 283. The first-order valence-electron chi connectivity index (χ1n) is 4.15. The Morgan fingerprint density at radius 1 is 1.77 bits per heavy atom. The van der Waals surface area contributed by atoms with Crippen LogP contribution in [0.25, 0.3) is 0 Å². The molecule has 0 aliphatic carbocycles. The second-order valence-corrected chi connectivity index (χ2v) is 2.77. The lowest BCUT2D eigenvalue weighted by Crippen LogP contribution is -2.12. The quantitative estimate of drug-likeness (QED) is 0.718. The lowest BCUT2D eigenvalue weighted by molar-refractivity contribution is -0.116. The molecule has 0 bridgehead atoms. The minimum absolute atomic E-state index is 0.0957. The summed E-state index contributed by atoms with van der Waals surface area (Å²) in [5.41, 5.74) is 6.00. The molecule has 0 aliphatic heterocycles. The number of hydrogen-bond acceptors (Lipinski definition) is 4. The van der Waals surface area contributed by atoms with Crippen LogP contribution >= 0.6 is 0 Å². The molecule has 1 amide bonds. The standard InChI is InChI=1S/C8H13N3O2/c1-6-5-8(13-11-6)10-7(12)3-2-4-9/h5H,2-4,9H2,1H3,(H,10,12). The number of amides is 1. The zero-order valence-electron chi connectivity index (χ0n) is 7.54. The number of rotatable bonds is 4. The second kappa shape index (κ2) is 4.61. The van der Waals surface area contributed by atoms with E-state index in [1.165, 1.54) is 0 Å². The van der Waals surface area contributed by atoms with Crippen molar-refractivity contribution in [3.63, 3.8) is 0 Å². The van der Waals surface area contributed by atoms with Gasteiger partial charge < -0.3 is 10.3 Å². The van der Waals surface area contributed by atoms with Crippen LogP contribution in [0, 0.1) is 6.92 Å². The molecule has 1 heterocycles. The van der Waals surface area contributed by atoms with E-state index in [2.05, 4.69) is 10.5 Å². The SMILES string of the molecule is Cc1cc(NC(=O)CCCN)on1. The van der Waals surface area contributed by atoms with Crippen LogP contribution in [0.5, 0.6) is 0 Å². The summed E-state index contributed by atoms with van der Waals surface area (Å²) in [5.74, 6) is 0.293. The third-order valence-corrected chi connectivity index (χ3v) is 1.50. The van der Waals surface area contributed by atoms with Crippen LogP contribution in [-0.4, -0.2) is 17.6 Å². The Labute approximate surface area is 76.3 Å². The summed E-state index contributed by atoms with van der Waals surface area (Å²) in [6.45, 7) is 2.31. The summed E-state index contributed by atoms with van der Waals surface area (Å²) in [4.78, 5) is 11.1. The molecule has 0 fully saturated rings. The van der Waals surface area contributed by atoms with Gasteiger partial charge in [0.1, 0.15) is 0 Å². The highest BCUT2D eigenvalue weighted by Gasteiger charge is 2.04. The number of aryl methyl sites for hydroxylation is 1. The lowest BCUT2D eigenvalue weighted by Gasteiger charge is -1.98. The summed E-state index contributed by atoms with van der Waals surface area (Å²) in [5, 5.41) is 6.21. The summed E-state index contributed by atoms with van der Waals surface area (Å²) in [6, 6.07) is 1.67. The van der Waals surface area contributed by atoms with Crippen molar-refractivity contribution in [3.05, 3.63) is 11.8 Å². The van der Waals surface area contributed by atoms with Gasteiger partial charge in [-0.05, 0) is 19.9 Å². The summed E-state index contributed by atoms with van der Waals surface area (Å²) >= 11 is 0. The molecular weight excluding hydrogens is 170 g/mol. The van der Waals surface area contributed by atoms with Crippen molar-refractivity contribution in [2.75, 3.05) is 11.9 Å². The molecule has 0 unspecified atom stereocenters. The molecule has 0 radical (unpaired) electrons. The number of nitrogens with one attached hydrogen (secondary N) is 1. The fourth-order valence-corrected chi connectivity index (χ4v) is 0.885. The first-order chi connectivity index (χ1) is 6.22. The van der Waals surface area contributed by atoms with Crippen molar-refractivity contribution in [3.8, 4) is 0 Å². The molecule has 3 N–H and O–H groups in total. The van der Waals surface area contributed by atoms with Crippen molar-refractivity contribution in [2.45, 2.75) is 19.8 Å². The molecule has 1 aromatic heterocycles. The third-order valence-electron chi connectivity index (χ3n) is 1.50. The molecule has 1 aromatic rings. The number of nitrogens with zero attached hydrogens (tertiary/aromatic N) is 1. The van der Waals surface area contributed by atoms with Gasteiger partial charge in [0.05, 0.1) is 5.69 Å². The van der Waals surface area contributed by atoms with Gasteiger partial charge in [0.25, 0.3) is 0 Å². The maximum atomic E-state index is 11.1. The Morgan fingerprint density at radius 2 is 2.54 bits per heavy atom. The monoisotopic (exact) mass is 183 g/mol. The Kier molecular flexibility index (Phi) is 3.45. The molecule has 13 heavy (non-hydrogen) atoms. The third kappa shape index (κ3) is 3.25. The van der Waals surface area contributed by atoms with Crippen molar-refractivity contribution in [1.82, 2.24) is 5.16 Å². The highest BCUT2D eigenvalue weighted by molar-refractivity contribution is 5.89. The Hall–Kier alpha value is -1.36. The molecule has 72 valence electrons. The Morgan fingerprint density at radius 3 is 3.08 bits per heavy atom. The van der Waals surface area contributed by atoms with Crippen LogP contribution in [0.3, 0.4) is 0 Å². The minimum atomic E-state index is -0.0957. The van der Waals surface area contributed by atoms with E-state index >= 15 is 0 Å². The van der Waals surface area contributed by atoms with E-state index in [0.29, 0.717) is 25.3 Å². The fourth-order valence-electron chi connectivity index (χ4n) is 0.885. The summed E-state index contributed by atoms with van der Waals surface area (Å²) < 4.78 is 4.80. The normalized spacial score (nSPS) is 10.0. The van der Waals surface area contributed by atoms with E-state index in [-0.39, 0.29) is 5.91 Å². The van der Waals surface area contributed by atoms with E-state index in [1.807, 2.05) is 0 Å². The van der Waals surface area contributed by atoms with E-state index in [0.717, 1.165) is 5.69 Å². The molecule has 0 saturated carbocycles. The fraction of sp³-hybridized carbons (Fsp3) is 0.500. The lowest BCUT2D eigenvalue weighted by atomic mass is 10.3. The largest absolute Gasteiger partial charge is 0.338 e. The van der Waals surface area contributed by atoms with Crippen LogP contribution in [0.2, 0.25) is 0 Å². The number of carbonyl (C=O) groups excluding carboxylic acids is 1. The van der Waals surface area contributed by atoms with E-state index in [4.69, 9.17) is 10.3 Å². The van der Waals surface area contributed by atoms with Crippen LogP contribution in [0.1, 0.15) is 18.5 Å². The van der Waals surface area contributed by atoms with Crippen LogP contribution in [-0.2, 0) is 4.79 Å². The zero-order valence-corrected chi connectivity index (χ0v) is 7.54. The van der Waals surface area contributed by atoms with Gasteiger partial charge >= 0.3 is 0 Å². The topological polar surface area (TPSA) is 81.2 Å². The Balaban J connectivity index is 2.36. The predicted octanol–water partition coefficient (Wildman–Crippen LogP) is 0.660. The maximum Gasteiger partial charge on any atom is 0.231 e. The number of aromatic nitrogens is 1. The van der Waals surface area contributed by atoms with Crippen molar-refractivity contribution >= 4 is 11.8 Å². The van der Waals surface area contributed by atoms with Crippen LogP contribution in [0.15, 0.2) is 10.6 Å².